The van der Waals surface area contributed by atoms with Gasteiger partial charge in [0.2, 0.25) is 0 Å². The number of benzene rings is 14. The molecule has 120 heavy (non-hydrogen) atoms. The van der Waals surface area contributed by atoms with Gasteiger partial charge in [-0.1, -0.05) is 300 Å². The highest BCUT2D eigenvalue weighted by molar-refractivity contribution is 9.10. The number of hydrogen-bond acceptors (Lipinski definition) is 9. The number of rotatable bonds is 17. The second-order valence-electron chi connectivity index (χ2n) is 27.7. The van der Waals surface area contributed by atoms with Crippen LogP contribution < -0.4 is 11.1 Å². The zero-order valence-electron chi connectivity index (χ0n) is 66.6. The Morgan fingerprint density at radius 3 is 0.908 bits per heavy atom. The summed E-state index contributed by atoms with van der Waals surface area (Å²) in [6.45, 7) is 1.60. The van der Waals surface area contributed by atoms with Gasteiger partial charge in [-0.2, -0.15) is 0 Å². The molecule has 0 bridgehead atoms. The number of carbonyl (C=O) groups is 4. The van der Waals surface area contributed by atoms with Crippen molar-refractivity contribution in [3.05, 3.63) is 452 Å². The number of nitrogens with two attached hydrogens (primary N) is 1. The van der Waals surface area contributed by atoms with E-state index < -0.39 is 0 Å². The van der Waals surface area contributed by atoms with Gasteiger partial charge < -0.3 is 15.9 Å². The van der Waals surface area contributed by atoms with Crippen LogP contribution in [0.1, 0.15) is 130 Å². The molecular formula is C108H94BrN5O6. The number of aliphatic hydroxyl groups excluding tert-OH is 2. The van der Waals surface area contributed by atoms with Crippen LogP contribution >= 0.6 is 15.9 Å². The molecule has 0 saturated heterocycles. The van der Waals surface area contributed by atoms with Crippen molar-refractivity contribution >= 4 is 39.6 Å². The van der Waals surface area contributed by atoms with Gasteiger partial charge in [0.05, 0.1) is 22.3 Å². The van der Waals surface area contributed by atoms with E-state index in [0.717, 1.165) is 106 Å². The minimum Gasteiger partial charge on any atom is -0.396 e. The normalized spacial score (nSPS) is 10.9. The molecule has 11 nitrogen and oxygen atoms in total. The zero-order valence-corrected chi connectivity index (χ0v) is 68.2. The van der Waals surface area contributed by atoms with E-state index in [9.17, 15) is 19.2 Å². The minimum atomic E-state index is -0.300. The second kappa shape index (κ2) is 48.2. The molecule has 0 spiro atoms. The molecule has 0 fully saturated rings. The van der Waals surface area contributed by atoms with Crippen molar-refractivity contribution in [2.75, 3.05) is 26.3 Å². The Kier molecular flexibility index (Phi) is 35.3. The van der Waals surface area contributed by atoms with Gasteiger partial charge in [-0.15, -0.1) is 6.42 Å². The lowest BCUT2D eigenvalue weighted by atomic mass is 10.0. The Hall–Kier alpha value is -14.4. The average molecular weight is 1640 g/mol. The highest BCUT2D eigenvalue weighted by Gasteiger charge is 2.34. The molecule has 2 heterocycles. The summed E-state index contributed by atoms with van der Waals surface area (Å²) in [5.74, 6) is 21.2. The van der Waals surface area contributed by atoms with Gasteiger partial charge in [0.15, 0.2) is 0 Å². The van der Waals surface area contributed by atoms with Gasteiger partial charge in [-0.05, 0) is 246 Å². The zero-order chi connectivity index (χ0) is 84.3. The summed E-state index contributed by atoms with van der Waals surface area (Å²) >= 11 is 3.46. The van der Waals surface area contributed by atoms with Crippen LogP contribution in [0.15, 0.2) is 368 Å². The molecular weight excluding hydrogens is 1540 g/mol. The molecule has 16 rings (SSSR count). The van der Waals surface area contributed by atoms with Crippen LogP contribution in [-0.4, -0.2) is 65.0 Å². The number of imide groups is 2. The first-order valence-corrected chi connectivity index (χ1v) is 40.4. The van der Waals surface area contributed by atoms with E-state index in [1.54, 1.807) is 48.5 Å². The second-order valence-corrected chi connectivity index (χ2v) is 28.6. The third kappa shape index (κ3) is 27.6. The first-order valence-electron chi connectivity index (χ1n) is 39.6. The van der Waals surface area contributed by atoms with Gasteiger partial charge in [0.1, 0.15) is 0 Å². The van der Waals surface area contributed by atoms with Crippen LogP contribution in [0, 0.1) is 58.9 Å². The van der Waals surface area contributed by atoms with E-state index in [4.69, 9.17) is 33.4 Å². The number of halogens is 1. The lowest BCUT2D eigenvalue weighted by Crippen LogP contribution is -2.30. The minimum absolute atomic E-state index is 0. The van der Waals surface area contributed by atoms with E-state index in [1.165, 1.54) is 60.5 Å². The number of carbonyl (C=O) groups excluding carboxylic acids is 4. The summed E-state index contributed by atoms with van der Waals surface area (Å²) in [4.78, 5) is 48.3. The molecule has 2 aliphatic heterocycles. The number of amides is 4. The van der Waals surface area contributed by atoms with Gasteiger partial charge in [-0.25, -0.2) is 11.1 Å². The third-order valence-corrected chi connectivity index (χ3v) is 19.5. The van der Waals surface area contributed by atoms with Crippen LogP contribution in [0.4, 0.5) is 0 Å². The van der Waals surface area contributed by atoms with E-state index in [2.05, 4.69) is 245 Å². The Bertz CT molecular complexity index is 5760. The summed E-state index contributed by atoms with van der Waals surface area (Å²) in [5, 5.41) is 19.8. The Balaban J connectivity index is 0.000000172. The number of nitrogens with zero attached hydrogens (tertiary/aromatic N) is 1. The number of aliphatic hydroxyl groups is 2. The number of fused-ring (bicyclic) bond motifs is 2. The maximum Gasteiger partial charge on any atom is 0.261 e. The first-order chi connectivity index (χ1) is 58.9. The van der Waals surface area contributed by atoms with E-state index in [0.29, 0.717) is 35.2 Å². The number of aryl methyl sites for hydroxylation is 4. The van der Waals surface area contributed by atoms with Gasteiger partial charge >= 0.3 is 0 Å². The van der Waals surface area contributed by atoms with Gasteiger partial charge in [-0.3, -0.25) is 29.4 Å². The van der Waals surface area contributed by atoms with Crippen molar-refractivity contribution in [1.82, 2.24) is 10.2 Å². The van der Waals surface area contributed by atoms with Crippen LogP contribution in [0.5, 0.6) is 0 Å². The molecule has 594 valence electrons. The Labute approximate surface area is 714 Å². The largest absolute Gasteiger partial charge is 0.396 e. The first kappa shape index (κ1) is 87.9. The van der Waals surface area contributed by atoms with Crippen LogP contribution in [-0.2, 0) is 25.7 Å². The van der Waals surface area contributed by atoms with Crippen molar-refractivity contribution in [1.29, 1.82) is 11.1 Å². The van der Waals surface area contributed by atoms with E-state index >= 15 is 0 Å². The molecule has 7 N–H and O–H groups in total. The summed E-state index contributed by atoms with van der Waals surface area (Å²) in [6, 6.07) is 121. The number of terminal acetylenes is 1. The number of nitrogens with one attached hydrogen (secondary N) is 3. The standard InChI is InChI=1S/C31H23NO2.C23H21N.C23H20O.C12H9Br.C11H12O.C8H5NO2.H2N2.H2/c33-30-28-16-4-5-17-29(28)31(34)32(30)20-8-12-23-9-6-10-24(21-23)18-19-25-11-7-15-27(22-25)26-13-2-1-3-14-26;2*24-16-6-10-19-7-4-8-20(17-19)14-15-21-9-5-13-23(18-21)22-11-2-1-3-12-22;13-12-8-4-7-11(9-12)10-5-2-1-3-6-10;1-2-10-5-3-6-11(9-10)7-4-8-12;10-7-5-3-1-2-4-6(5)8(11)9-7;1-2;/h1-7,9-11,13-17,21-22H,8,12,20H2;1-5,7-9,11-13,17-18H,6,10,16,24H2;1-5,7-9,11-13,17-18,24H,6,10,16H2;1-9H;1,3,5-6,9,12H,4,7-8H2;1-4H,(H,9,10,11);1-2H;1H. The molecule has 0 atom stereocenters. The molecule has 0 unspecified atom stereocenters. The topological polar surface area (TPSA) is 198 Å². The number of hydrogen-bond donors (Lipinski definition) is 6. The van der Waals surface area contributed by atoms with Crippen LogP contribution in [0.2, 0.25) is 0 Å². The van der Waals surface area contributed by atoms with Crippen molar-refractivity contribution < 1.29 is 30.8 Å². The summed E-state index contributed by atoms with van der Waals surface area (Å²) in [6.07, 6.45) is 12.1. The predicted octanol–water partition coefficient (Wildman–Crippen LogP) is 22.4. The van der Waals surface area contributed by atoms with E-state index in [1.807, 2.05) is 133 Å². The van der Waals surface area contributed by atoms with Crippen molar-refractivity contribution in [3.63, 3.8) is 0 Å². The predicted molar refractivity (Wildman–Crippen MR) is 491 cm³/mol. The maximum absolute atomic E-state index is 12.5. The molecule has 0 aromatic heterocycles. The summed E-state index contributed by atoms with van der Waals surface area (Å²) < 4.78 is 1.12. The molecule has 0 radical (unpaired) electrons. The molecule has 0 saturated carbocycles. The quantitative estimate of drug-likeness (QED) is 0.0296. The smallest absolute Gasteiger partial charge is 0.261 e. The molecule has 12 heteroatoms. The van der Waals surface area contributed by atoms with Crippen molar-refractivity contribution in [2.45, 2.75) is 51.4 Å². The van der Waals surface area contributed by atoms with Crippen molar-refractivity contribution in [3.8, 4) is 92.4 Å². The highest BCUT2D eigenvalue weighted by atomic mass is 79.9. The highest BCUT2D eigenvalue weighted by Crippen LogP contribution is 2.27. The molecule has 4 amide bonds. The van der Waals surface area contributed by atoms with E-state index in [-0.39, 0.29) is 38.3 Å². The summed E-state index contributed by atoms with van der Waals surface area (Å²) in [5.41, 5.74) is 38.9. The lowest BCUT2D eigenvalue weighted by Gasteiger charge is -2.13. The van der Waals surface area contributed by atoms with Gasteiger partial charge in [0.25, 0.3) is 23.6 Å². The Morgan fingerprint density at radius 2 is 0.583 bits per heavy atom. The SMILES string of the molecule is Brc1cccc(-c2ccccc2)c1.C#Cc1cccc(CCCO)c1.N=N.NCCCc1cccc(C#Cc2cccc(-c3ccccc3)c2)c1.O=C1NC(=O)c2ccccc21.O=C1c2ccccc2C(=O)N1CCCc1cccc(C#Cc2cccc(-c3ccccc3)c2)c1.OCCCc1cccc(C#Cc2cccc(-c3ccccc3)c2)c1.[HH]. The van der Waals surface area contributed by atoms with Crippen LogP contribution in [0.25, 0.3) is 44.5 Å². The monoisotopic (exact) mass is 1640 g/mol. The molecule has 0 aliphatic carbocycles. The molecule has 14 aromatic rings. The fourth-order valence-corrected chi connectivity index (χ4v) is 13.5. The van der Waals surface area contributed by atoms with Crippen molar-refractivity contribution in [2.24, 2.45) is 5.73 Å². The Morgan fingerprint density at radius 1 is 0.317 bits per heavy atom. The average Bonchev–Trinajstić information content (AvgIpc) is 1.63. The maximum atomic E-state index is 12.5. The molecule has 14 aromatic carbocycles. The third-order valence-electron chi connectivity index (χ3n) is 19.1. The van der Waals surface area contributed by atoms with Crippen LogP contribution in [0.3, 0.4) is 0 Å². The summed E-state index contributed by atoms with van der Waals surface area (Å²) in [7, 11) is 0. The fraction of sp³-hybridized carbons (Fsp3) is 0.111. The fourth-order valence-electron chi connectivity index (χ4n) is 13.1. The van der Waals surface area contributed by atoms with Gasteiger partial charge in [0, 0.05) is 64.6 Å². The lowest BCUT2D eigenvalue weighted by molar-refractivity contribution is 0.0651. The molecule has 2 aliphatic rings.